The largest absolute Gasteiger partial charge is 0.128 e. The van der Waals surface area contributed by atoms with Crippen molar-refractivity contribution in [2.75, 3.05) is 0 Å². The molecule has 0 aromatic heterocycles. The molecule has 0 saturated heterocycles. The lowest BCUT2D eigenvalue weighted by Gasteiger charge is -2.42. The van der Waals surface area contributed by atoms with Gasteiger partial charge in [0.25, 0.3) is 0 Å². The van der Waals surface area contributed by atoms with E-state index in [9.17, 15) is 0 Å². The van der Waals surface area contributed by atoms with Crippen molar-refractivity contribution < 1.29 is 0 Å². The van der Waals surface area contributed by atoms with Crippen molar-refractivity contribution in [3.63, 3.8) is 0 Å². The van der Waals surface area contributed by atoms with Gasteiger partial charge in [0.05, 0.1) is 0 Å². The van der Waals surface area contributed by atoms with Crippen LogP contribution in [-0.2, 0) is 10.8 Å². The van der Waals surface area contributed by atoms with Crippen LogP contribution in [0.5, 0.6) is 0 Å². The minimum atomic E-state index is -0.0447. The van der Waals surface area contributed by atoms with Crippen LogP contribution in [0.3, 0.4) is 0 Å². The van der Waals surface area contributed by atoms with Gasteiger partial charge in [0.15, 0.2) is 0 Å². The van der Waals surface area contributed by atoms with E-state index < -0.39 is 0 Å². The Morgan fingerprint density at radius 1 is 0.484 bits per heavy atom. The first-order chi connectivity index (χ1) is 28.5. The Morgan fingerprint density at radius 3 is 1.03 bits per heavy atom. The van der Waals surface area contributed by atoms with E-state index in [0.717, 1.165) is 17.5 Å². The van der Waals surface area contributed by atoms with Crippen LogP contribution >= 0.6 is 0 Å². The molecule has 4 aromatic carbocycles. The van der Waals surface area contributed by atoms with Crippen molar-refractivity contribution in [2.24, 2.45) is 21.7 Å². The zero-order valence-corrected chi connectivity index (χ0v) is 42.8. The van der Waals surface area contributed by atoms with Gasteiger partial charge in [-0.05, 0) is 91.7 Å². The molecule has 62 heavy (non-hydrogen) atoms. The minimum Gasteiger partial charge on any atom is -0.128 e. The number of hydrogen-bond acceptors (Lipinski definition) is 0. The number of benzene rings is 4. The van der Waals surface area contributed by atoms with Crippen LogP contribution in [-0.4, -0.2) is 0 Å². The lowest BCUT2D eigenvalue weighted by Crippen LogP contribution is -2.32. The molecule has 4 aromatic rings. The summed E-state index contributed by atoms with van der Waals surface area (Å²) < 4.78 is 0. The number of hydrogen-bond donors (Lipinski definition) is 0. The SMILES string of the molecule is C=C(C)C(C)c1ccc(C(C)(C)c2ccc(C(C)C(=C)CC(C)(C)C(C)(C)CC)cc2)cc1.C=C=Cc1ccc(C(C)(C)c2ccc(C=C=C)cc2)cc1.CC(C)(C)C(C)(C)C. The minimum absolute atomic E-state index is 0.0349. The molecule has 0 fully saturated rings. The van der Waals surface area contributed by atoms with Crippen molar-refractivity contribution in [3.05, 3.63) is 190 Å². The Morgan fingerprint density at radius 2 is 0.774 bits per heavy atom. The summed E-state index contributed by atoms with van der Waals surface area (Å²) in [6, 6.07) is 35.4. The molecule has 0 aliphatic heterocycles. The average molecular weight is 831 g/mol. The second kappa shape index (κ2) is 21.7. The maximum Gasteiger partial charge on any atom is 0.0146 e. The van der Waals surface area contributed by atoms with E-state index in [4.69, 9.17) is 0 Å². The predicted octanol–water partition coefficient (Wildman–Crippen LogP) is 18.9. The van der Waals surface area contributed by atoms with Gasteiger partial charge in [0, 0.05) is 22.7 Å². The second-order valence-electron chi connectivity index (χ2n) is 22.2. The maximum atomic E-state index is 4.51. The van der Waals surface area contributed by atoms with Crippen LogP contribution < -0.4 is 0 Å². The zero-order valence-electron chi connectivity index (χ0n) is 42.8. The highest BCUT2D eigenvalue weighted by atomic mass is 14.4. The highest BCUT2D eigenvalue weighted by Gasteiger charge is 2.36. The van der Waals surface area contributed by atoms with Gasteiger partial charge in [-0.15, -0.1) is 11.5 Å². The molecule has 0 heterocycles. The molecule has 2 unspecified atom stereocenters. The lowest BCUT2D eigenvalue weighted by molar-refractivity contribution is 0.103. The molecule has 0 N–H and O–H groups in total. The Balaban J connectivity index is 0.000000386. The van der Waals surface area contributed by atoms with E-state index in [1.54, 1.807) is 0 Å². The van der Waals surface area contributed by atoms with Gasteiger partial charge >= 0.3 is 0 Å². The zero-order chi connectivity index (χ0) is 47.5. The van der Waals surface area contributed by atoms with Crippen molar-refractivity contribution in [1.82, 2.24) is 0 Å². The van der Waals surface area contributed by atoms with Crippen molar-refractivity contribution >= 4 is 12.2 Å². The van der Waals surface area contributed by atoms with Gasteiger partial charge < -0.3 is 0 Å². The van der Waals surface area contributed by atoms with Crippen LogP contribution in [0.4, 0.5) is 0 Å². The second-order valence-corrected chi connectivity index (χ2v) is 22.2. The van der Waals surface area contributed by atoms with Gasteiger partial charge in [-0.1, -0.05) is 259 Å². The highest BCUT2D eigenvalue weighted by Crippen LogP contribution is 2.47. The van der Waals surface area contributed by atoms with Gasteiger partial charge in [0.1, 0.15) is 0 Å². The topological polar surface area (TPSA) is 0 Å². The van der Waals surface area contributed by atoms with Crippen LogP contribution in [0.2, 0.25) is 0 Å². The molecule has 0 aliphatic carbocycles. The third-order valence-electron chi connectivity index (χ3n) is 15.1. The van der Waals surface area contributed by atoms with Gasteiger partial charge in [-0.25, -0.2) is 0 Å². The fraction of sp³-hybridized carbons (Fsp3) is 0.452. The molecule has 0 bridgehead atoms. The Hall–Kier alpha value is -4.60. The first-order valence-corrected chi connectivity index (χ1v) is 22.9. The molecule has 0 saturated carbocycles. The summed E-state index contributed by atoms with van der Waals surface area (Å²) in [6.45, 7) is 57.0. The molecule has 0 amide bonds. The molecular formula is C62H86. The lowest BCUT2D eigenvalue weighted by atomic mass is 9.63. The third kappa shape index (κ3) is 14.2. The van der Waals surface area contributed by atoms with E-state index in [1.807, 2.05) is 12.2 Å². The van der Waals surface area contributed by atoms with Gasteiger partial charge in [0.2, 0.25) is 0 Å². The third-order valence-corrected chi connectivity index (χ3v) is 15.1. The smallest absolute Gasteiger partial charge is 0.0146 e. The van der Waals surface area contributed by atoms with Crippen molar-refractivity contribution in [2.45, 2.75) is 160 Å². The Labute approximate surface area is 382 Å². The van der Waals surface area contributed by atoms with E-state index in [-0.39, 0.29) is 16.2 Å². The fourth-order valence-corrected chi connectivity index (χ4v) is 6.90. The van der Waals surface area contributed by atoms with Crippen molar-refractivity contribution in [1.29, 1.82) is 0 Å². The molecule has 2 atom stereocenters. The highest BCUT2D eigenvalue weighted by molar-refractivity contribution is 5.53. The van der Waals surface area contributed by atoms with Crippen LogP contribution in [0.25, 0.3) is 12.2 Å². The summed E-state index contributed by atoms with van der Waals surface area (Å²) in [5, 5.41) is 0. The Bertz CT molecular complexity index is 2050. The summed E-state index contributed by atoms with van der Waals surface area (Å²) in [4.78, 5) is 0. The van der Waals surface area contributed by atoms with E-state index >= 15 is 0 Å². The molecule has 0 heteroatoms. The van der Waals surface area contributed by atoms with Gasteiger partial charge in [-0.2, -0.15) is 0 Å². The first kappa shape index (κ1) is 53.5. The van der Waals surface area contributed by atoms with Crippen LogP contribution in [0, 0.1) is 21.7 Å². The average Bonchev–Trinajstić information content (AvgIpc) is 3.20. The Kier molecular flexibility index (Phi) is 18.7. The van der Waals surface area contributed by atoms with E-state index in [1.165, 1.54) is 50.9 Å². The fourth-order valence-electron chi connectivity index (χ4n) is 6.90. The summed E-state index contributed by atoms with van der Waals surface area (Å²) in [7, 11) is 0. The maximum absolute atomic E-state index is 4.51. The normalized spacial score (nSPS) is 13.1. The number of rotatable bonds is 14. The summed E-state index contributed by atoms with van der Waals surface area (Å²) in [6.07, 6.45) is 6.00. The molecule has 0 nitrogen and oxygen atoms in total. The van der Waals surface area contributed by atoms with E-state index in [0.29, 0.717) is 28.1 Å². The van der Waals surface area contributed by atoms with Crippen molar-refractivity contribution in [3.8, 4) is 0 Å². The summed E-state index contributed by atoms with van der Waals surface area (Å²) in [5.41, 5.74) is 19.6. The summed E-state index contributed by atoms with van der Waals surface area (Å²) in [5.74, 6) is 0.751. The molecule has 4 rings (SSSR count). The molecule has 0 aliphatic rings. The van der Waals surface area contributed by atoms with E-state index in [2.05, 4.69) is 259 Å². The molecular weight excluding hydrogens is 745 g/mol. The van der Waals surface area contributed by atoms with Crippen LogP contribution in [0.15, 0.2) is 146 Å². The van der Waals surface area contributed by atoms with Gasteiger partial charge in [-0.3, -0.25) is 0 Å². The quantitative estimate of drug-likeness (QED) is 0.0877. The standard InChI is InChI=1S/C33H48.C21H20.C8H18/c1-13-31(7,8)32(9,10)22-24(4)26(6)28-16-20-30(21-17-28)33(11,12)29-18-14-27(15-19-29)25(5)23(2)3;1-5-7-17-9-13-19(14-10-17)21(3,4)20-15-11-18(8-6-2)12-16-20;1-7(2,3)8(4,5)6/h14-21,25-26H,2,4,13,22H2,1,3,5-12H3;7-16H,1-2H2,3-4H3;1-6H3. The molecule has 0 radical (unpaired) electrons. The monoisotopic (exact) mass is 831 g/mol. The first-order valence-electron chi connectivity index (χ1n) is 22.9. The summed E-state index contributed by atoms with van der Waals surface area (Å²) >= 11 is 0. The number of allylic oxidation sites excluding steroid dienone is 2. The predicted molar refractivity (Wildman–Crippen MR) is 279 cm³/mol. The van der Waals surface area contributed by atoms with Crippen LogP contribution in [0.1, 0.15) is 194 Å². The molecule has 334 valence electrons. The molecule has 0 spiro atoms.